The number of ether oxygens (including phenoxy) is 1. The van der Waals surface area contributed by atoms with Crippen molar-refractivity contribution >= 4 is 0 Å². The van der Waals surface area contributed by atoms with Crippen molar-refractivity contribution in [2.75, 3.05) is 7.11 Å². The first kappa shape index (κ1) is 11.5. The van der Waals surface area contributed by atoms with Crippen LogP contribution in [0.3, 0.4) is 0 Å². The van der Waals surface area contributed by atoms with Crippen molar-refractivity contribution in [3.63, 3.8) is 0 Å². The van der Waals surface area contributed by atoms with Gasteiger partial charge in [0.25, 0.3) is 0 Å². The number of nitrogens with one attached hydrogen (secondary N) is 1. The van der Waals surface area contributed by atoms with Gasteiger partial charge in [-0.15, -0.1) is 0 Å². The highest BCUT2D eigenvalue weighted by molar-refractivity contribution is 5.33. The Balaban J connectivity index is 1.89. The molecule has 0 saturated heterocycles. The van der Waals surface area contributed by atoms with Crippen LogP contribution in [0.15, 0.2) is 24.3 Å². The molecule has 2 rings (SSSR count). The Morgan fingerprint density at radius 2 is 2.12 bits per heavy atom. The highest BCUT2D eigenvalue weighted by Gasteiger charge is 2.20. The number of benzene rings is 1. The largest absolute Gasteiger partial charge is 0.496 e. The van der Waals surface area contributed by atoms with E-state index in [9.17, 15) is 0 Å². The maximum Gasteiger partial charge on any atom is 0.123 e. The minimum atomic E-state index is 0.694. The second-order valence-electron chi connectivity index (χ2n) is 4.81. The topological polar surface area (TPSA) is 21.3 Å². The summed E-state index contributed by atoms with van der Waals surface area (Å²) >= 11 is 0. The zero-order valence-electron chi connectivity index (χ0n) is 10.2. The van der Waals surface area contributed by atoms with Crippen molar-refractivity contribution < 1.29 is 4.74 Å². The first-order valence-electron chi connectivity index (χ1n) is 6.15. The van der Waals surface area contributed by atoms with Gasteiger partial charge < -0.3 is 10.1 Å². The summed E-state index contributed by atoms with van der Waals surface area (Å²) < 4.78 is 5.34. The summed E-state index contributed by atoms with van der Waals surface area (Å²) in [5.74, 6) is 1.87. The van der Waals surface area contributed by atoms with E-state index in [1.807, 2.05) is 12.1 Å². The van der Waals surface area contributed by atoms with E-state index in [0.717, 1.165) is 18.2 Å². The lowest BCUT2D eigenvalue weighted by Crippen LogP contribution is -2.25. The molecule has 16 heavy (non-hydrogen) atoms. The standard InChI is InChI=1S/C14H21NO/c1-11-7-8-13(9-11)15-10-12-5-3-4-6-14(12)16-2/h3-6,11,13,15H,7-10H2,1-2H3/t11-,13-/m0/s1. The lowest BCUT2D eigenvalue weighted by Gasteiger charge is -2.14. The fourth-order valence-corrected chi connectivity index (χ4v) is 2.50. The average Bonchev–Trinajstić information content (AvgIpc) is 2.73. The second kappa shape index (κ2) is 5.35. The summed E-state index contributed by atoms with van der Waals surface area (Å²) in [6.07, 6.45) is 4.00. The monoisotopic (exact) mass is 219 g/mol. The Bertz CT molecular complexity index is 337. The van der Waals surface area contributed by atoms with Gasteiger partial charge in [0, 0.05) is 18.2 Å². The third-order valence-corrected chi connectivity index (χ3v) is 3.47. The Hall–Kier alpha value is -1.02. The molecule has 1 aromatic carbocycles. The molecule has 0 spiro atoms. The summed E-state index contributed by atoms with van der Waals surface area (Å²) in [6, 6.07) is 8.93. The predicted octanol–water partition coefficient (Wildman–Crippen LogP) is 2.97. The van der Waals surface area contributed by atoms with Gasteiger partial charge in [0.05, 0.1) is 7.11 Å². The Labute approximate surface area is 98.0 Å². The van der Waals surface area contributed by atoms with E-state index >= 15 is 0 Å². The third-order valence-electron chi connectivity index (χ3n) is 3.47. The van der Waals surface area contributed by atoms with E-state index in [2.05, 4.69) is 24.4 Å². The lowest BCUT2D eigenvalue weighted by molar-refractivity contribution is 0.404. The summed E-state index contributed by atoms with van der Waals surface area (Å²) in [7, 11) is 1.73. The molecule has 0 radical (unpaired) electrons. The number of para-hydroxylation sites is 1. The van der Waals surface area contributed by atoms with Gasteiger partial charge in [0.15, 0.2) is 0 Å². The summed E-state index contributed by atoms with van der Waals surface area (Å²) in [5, 5.41) is 3.62. The molecule has 1 aliphatic carbocycles. The summed E-state index contributed by atoms with van der Waals surface area (Å²) in [5.41, 5.74) is 1.25. The molecule has 0 amide bonds. The molecule has 0 bridgehead atoms. The van der Waals surface area contributed by atoms with E-state index in [0.29, 0.717) is 6.04 Å². The van der Waals surface area contributed by atoms with E-state index < -0.39 is 0 Å². The Morgan fingerprint density at radius 1 is 1.31 bits per heavy atom. The smallest absolute Gasteiger partial charge is 0.123 e. The molecule has 2 nitrogen and oxygen atoms in total. The number of rotatable bonds is 4. The van der Waals surface area contributed by atoms with Gasteiger partial charge in [-0.3, -0.25) is 0 Å². The maximum atomic E-state index is 5.34. The molecular weight excluding hydrogens is 198 g/mol. The van der Waals surface area contributed by atoms with E-state index in [4.69, 9.17) is 4.74 Å². The predicted molar refractivity (Wildman–Crippen MR) is 66.6 cm³/mol. The number of methoxy groups -OCH3 is 1. The molecule has 0 heterocycles. The SMILES string of the molecule is COc1ccccc1CN[C@H]1CC[C@H](C)C1. The highest BCUT2D eigenvalue weighted by Crippen LogP contribution is 2.25. The first-order valence-corrected chi connectivity index (χ1v) is 6.15. The molecule has 1 N–H and O–H groups in total. The number of hydrogen-bond donors (Lipinski definition) is 1. The van der Waals surface area contributed by atoms with Crippen molar-refractivity contribution in [3.05, 3.63) is 29.8 Å². The third kappa shape index (κ3) is 2.76. The average molecular weight is 219 g/mol. The van der Waals surface area contributed by atoms with Crippen molar-refractivity contribution in [1.82, 2.24) is 5.32 Å². The van der Waals surface area contributed by atoms with Crippen LogP contribution in [0.4, 0.5) is 0 Å². The molecule has 0 aromatic heterocycles. The lowest BCUT2D eigenvalue weighted by atomic mass is 10.1. The van der Waals surface area contributed by atoms with Crippen LogP contribution in [-0.2, 0) is 6.54 Å². The van der Waals surface area contributed by atoms with Gasteiger partial charge in [0.2, 0.25) is 0 Å². The van der Waals surface area contributed by atoms with E-state index in [1.54, 1.807) is 7.11 Å². The van der Waals surface area contributed by atoms with E-state index in [1.165, 1.54) is 24.8 Å². The van der Waals surface area contributed by atoms with Crippen LogP contribution < -0.4 is 10.1 Å². The normalized spacial score (nSPS) is 24.6. The second-order valence-corrected chi connectivity index (χ2v) is 4.81. The fraction of sp³-hybridized carbons (Fsp3) is 0.571. The van der Waals surface area contributed by atoms with Crippen molar-refractivity contribution in [1.29, 1.82) is 0 Å². The molecule has 2 heteroatoms. The van der Waals surface area contributed by atoms with Gasteiger partial charge in [0.1, 0.15) is 5.75 Å². The van der Waals surface area contributed by atoms with Crippen LogP contribution in [0.5, 0.6) is 5.75 Å². The zero-order chi connectivity index (χ0) is 11.4. The van der Waals surface area contributed by atoms with Crippen LogP contribution in [-0.4, -0.2) is 13.2 Å². The minimum absolute atomic E-state index is 0.694. The Morgan fingerprint density at radius 3 is 2.81 bits per heavy atom. The molecule has 2 atom stereocenters. The minimum Gasteiger partial charge on any atom is -0.496 e. The molecule has 1 fully saturated rings. The first-order chi connectivity index (χ1) is 7.79. The maximum absolute atomic E-state index is 5.34. The van der Waals surface area contributed by atoms with Crippen LogP contribution in [0.2, 0.25) is 0 Å². The van der Waals surface area contributed by atoms with Gasteiger partial charge >= 0.3 is 0 Å². The highest BCUT2D eigenvalue weighted by atomic mass is 16.5. The summed E-state index contributed by atoms with van der Waals surface area (Å²) in [6.45, 7) is 3.26. The van der Waals surface area contributed by atoms with Gasteiger partial charge in [-0.05, 0) is 31.2 Å². The molecule has 1 saturated carbocycles. The number of hydrogen-bond acceptors (Lipinski definition) is 2. The van der Waals surface area contributed by atoms with Gasteiger partial charge in [-0.2, -0.15) is 0 Å². The van der Waals surface area contributed by atoms with Crippen molar-refractivity contribution in [3.8, 4) is 5.75 Å². The molecule has 0 aliphatic heterocycles. The van der Waals surface area contributed by atoms with Crippen LogP contribution in [0.1, 0.15) is 31.7 Å². The fourth-order valence-electron chi connectivity index (χ4n) is 2.50. The van der Waals surface area contributed by atoms with Crippen molar-refractivity contribution in [2.24, 2.45) is 5.92 Å². The summed E-state index contributed by atoms with van der Waals surface area (Å²) in [4.78, 5) is 0. The molecule has 1 aliphatic rings. The molecule has 1 aromatic rings. The molecular formula is C14H21NO. The van der Waals surface area contributed by atoms with Crippen LogP contribution in [0.25, 0.3) is 0 Å². The molecule has 88 valence electrons. The Kier molecular flexibility index (Phi) is 3.83. The van der Waals surface area contributed by atoms with Crippen molar-refractivity contribution in [2.45, 2.75) is 38.8 Å². The van der Waals surface area contributed by atoms with Crippen LogP contribution in [0, 0.1) is 5.92 Å². The van der Waals surface area contributed by atoms with Gasteiger partial charge in [-0.1, -0.05) is 25.1 Å². The molecule has 0 unspecified atom stereocenters. The quantitative estimate of drug-likeness (QED) is 0.840. The van der Waals surface area contributed by atoms with Gasteiger partial charge in [-0.25, -0.2) is 0 Å². The van der Waals surface area contributed by atoms with E-state index in [-0.39, 0.29) is 0 Å². The van der Waals surface area contributed by atoms with Crippen LogP contribution >= 0.6 is 0 Å². The zero-order valence-corrected chi connectivity index (χ0v) is 10.2.